The van der Waals surface area contributed by atoms with Crippen LogP contribution in [0.1, 0.15) is 43.5 Å². The van der Waals surface area contributed by atoms with E-state index in [0.717, 1.165) is 18.5 Å². The zero-order chi connectivity index (χ0) is 21.1. The van der Waals surface area contributed by atoms with Gasteiger partial charge in [0.25, 0.3) is 0 Å². The normalized spacial score (nSPS) is 10.1. The summed E-state index contributed by atoms with van der Waals surface area (Å²) in [6, 6.07) is 13.7. The Hall–Kier alpha value is -3.35. The molecule has 7 nitrogen and oxygen atoms in total. The van der Waals surface area contributed by atoms with E-state index in [1.54, 1.807) is 42.5 Å². The van der Waals surface area contributed by atoms with Crippen LogP contribution >= 0.6 is 0 Å². The predicted octanol–water partition coefficient (Wildman–Crippen LogP) is 4.04. The van der Waals surface area contributed by atoms with Crippen LogP contribution in [0.2, 0.25) is 0 Å². The molecule has 2 aromatic carbocycles. The molecule has 154 valence electrons. The highest BCUT2D eigenvalue weighted by atomic mass is 16.5. The van der Waals surface area contributed by atoms with Crippen molar-refractivity contribution in [1.29, 1.82) is 0 Å². The molecule has 0 fully saturated rings. The van der Waals surface area contributed by atoms with E-state index in [9.17, 15) is 14.4 Å². The molecule has 0 saturated heterocycles. The Bertz CT molecular complexity index is 834. The minimum atomic E-state index is -0.377. The number of ether oxygens (including phenoxy) is 1. The van der Waals surface area contributed by atoms with Crippen LogP contribution in [0.25, 0.3) is 0 Å². The third kappa shape index (κ3) is 7.65. The molecule has 29 heavy (non-hydrogen) atoms. The van der Waals surface area contributed by atoms with Gasteiger partial charge in [-0.1, -0.05) is 19.9 Å². The van der Waals surface area contributed by atoms with E-state index in [2.05, 4.69) is 16.0 Å². The van der Waals surface area contributed by atoms with Gasteiger partial charge in [0.15, 0.2) is 0 Å². The van der Waals surface area contributed by atoms with E-state index >= 15 is 0 Å². The molecule has 0 radical (unpaired) electrons. The van der Waals surface area contributed by atoms with E-state index in [4.69, 9.17) is 4.74 Å². The number of nitrogens with one attached hydrogen (secondary N) is 3. The van der Waals surface area contributed by atoms with E-state index in [1.807, 2.05) is 19.9 Å². The predicted molar refractivity (Wildman–Crippen MR) is 114 cm³/mol. The van der Waals surface area contributed by atoms with E-state index in [0.29, 0.717) is 30.0 Å². The first-order valence-electron chi connectivity index (χ1n) is 9.72. The molecule has 0 unspecified atom stereocenters. The number of esters is 1. The molecule has 2 rings (SSSR count). The maximum Gasteiger partial charge on any atom is 0.338 e. The number of hydrogen-bond donors (Lipinski definition) is 3. The molecule has 0 aliphatic rings. The summed E-state index contributed by atoms with van der Waals surface area (Å²) in [6.45, 7) is 4.32. The second-order valence-electron chi connectivity index (χ2n) is 6.49. The summed E-state index contributed by atoms with van der Waals surface area (Å²) in [5.41, 5.74) is 2.43. The van der Waals surface area contributed by atoms with Gasteiger partial charge in [0.1, 0.15) is 0 Å². The number of carbonyl (C=O) groups is 3. The highest BCUT2D eigenvalue weighted by Crippen LogP contribution is 2.16. The minimum Gasteiger partial charge on any atom is -0.462 e. The standard InChI is InChI=1S/C22H27N3O4/c1-3-6-20(26)25-19-8-5-7-18(14-19)23-15-21(27)24-17-11-9-16(10-12-17)22(28)29-13-4-2/h5,7-12,14,23H,3-4,6,13,15H2,1-2H3,(H,24,27)(H,25,26). The topological polar surface area (TPSA) is 96.5 Å². The molecule has 7 heteroatoms. The van der Waals surface area contributed by atoms with Crippen LogP contribution in [0.5, 0.6) is 0 Å². The summed E-state index contributed by atoms with van der Waals surface area (Å²) in [5.74, 6) is -0.645. The first kappa shape index (κ1) is 21.9. The fourth-order valence-corrected chi connectivity index (χ4v) is 2.51. The van der Waals surface area contributed by atoms with E-state index in [-0.39, 0.29) is 24.3 Å². The zero-order valence-electron chi connectivity index (χ0n) is 16.8. The van der Waals surface area contributed by atoms with E-state index in [1.165, 1.54) is 0 Å². The first-order chi connectivity index (χ1) is 14.0. The second-order valence-corrected chi connectivity index (χ2v) is 6.49. The van der Waals surface area contributed by atoms with Gasteiger partial charge >= 0.3 is 5.97 Å². The fraction of sp³-hybridized carbons (Fsp3) is 0.318. The quantitative estimate of drug-likeness (QED) is 0.526. The maximum atomic E-state index is 12.2. The van der Waals surface area contributed by atoms with Gasteiger partial charge in [-0.05, 0) is 55.3 Å². The Morgan fingerprint density at radius 3 is 2.21 bits per heavy atom. The van der Waals surface area contributed by atoms with Gasteiger partial charge < -0.3 is 20.7 Å². The number of anilines is 3. The highest BCUT2D eigenvalue weighted by molar-refractivity contribution is 5.95. The molecule has 2 amide bonds. The first-order valence-corrected chi connectivity index (χ1v) is 9.72. The molecular formula is C22H27N3O4. The molecule has 0 aliphatic carbocycles. The van der Waals surface area contributed by atoms with Crippen molar-refractivity contribution in [2.24, 2.45) is 0 Å². The monoisotopic (exact) mass is 397 g/mol. The minimum absolute atomic E-state index is 0.0376. The summed E-state index contributed by atoms with van der Waals surface area (Å²) in [6.07, 6.45) is 2.01. The van der Waals surface area contributed by atoms with Crippen LogP contribution in [0.3, 0.4) is 0 Å². The Kier molecular flexibility index (Phi) is 8.69. The lowest BCUT2D eigenvalue weighted by Crippen LogP contribution is -2.21. The van der Waals surface area contributed by atoms with Crippen molar-refractivity contribution in [3.05, 3.63) is 54.1 Å². The van der Waals surface area contributed by atoms with Crippen molar-refractivity contribution < 1.29 is 19.1 Å². The Labute approximate surface area is 170 Å². The molecule has 0 spiro atoms. The summed E-state index contributed by atoms with van der Waals surface area (Å²) >= 11 is 0. The average molecular weight is 397 g/mol. The van der Waals surface area contributed by atoms with Crippen molar-refractivity contribution in [2.75, 3.05) is 29.1 Å². The second kappa shape index (κ2) is 11.5. The largest absolute Gasteiger partial charge is 0.462 e. The van der Waals surface area contributed by atoms with Crippen LogP contribution < -0.4 is 16.0 Å². The van der Waals surface area contributed by atoms with Crippen LogP contribution in [0.4, 0.5) is 17.1 Å². The third-order valence-corrected chi connectivity index (χ3v) is 3.92. The number of rotatable bonds is 10. The number of amides is 2. The zero-order valence-corrected chi connectivity index (χ0v) is 16.8. The fourth-order valence-electron chi connectivity index (χ4n) is 2.51. The van der Waals surface area contributed by atoms with E-state index < -0.39 is 0 Å². The van der Waals surface area contributed by atoms with Gasteiger partial charge in [-0.25, -0.2) is 4.79 Å². The third-order valence-electron chi connectivity index (χ3n) is 3.92. The summed E-state index contributed by atoms with van der Waals surface area (Å²) in [5, 5.41) is 8.61. The smallest absolute Gasteiger partial charge is 0.338 e. The van der Waals surface area contributed by atoms with Crippen molar-refractivity contribution in [3.8, 4) is 0 Å². The number of benzene rings is 2. The van der Waals surface area contributed by atoms with Crippen molar-refractivity contribution in [2.45, 2.75) is 33.1 Å². The van der Waals surface area contributed by atoms with Gasteiger partial charge in [-0.3, -0.25) is 9.59 Å². The Morgan fingerprint density at radius 1 is 0.828 bits per heavy atom. The molecule has 0 bridgehead atoms. The molecule has 0 saturated carbocycles. The summed E-state index contributed by atoms with van der Waals surface area (Å²) in [4.78, 5) is 35.6. The SMILES string of the molecule is CCCOC(=O)c1ccc(NC(=O)CNc2cccc(NC(=O)CCC)c2)cc1. The lowest BCUT2D eigenvalue weighted by Gasteiger charge is -2.10. The van der Waals surface area contributed by atoms with Crippen LogP contribution in [-0.4, -0.2) is 30.9 Å². The Balaban J connectivity index is 1.84. The maximum absolute atomic E-state index is 12.2. The molecule has 0 heterocycles. The van der Waals surface area contributed by atoms with Crippen LogP contribution in [0.15, 0.2) is 48.5 Å². The molecule has 0 atom stereocenters. The molecule has 0 aromatic heterocycles. The average Bonchev–Trinajstić information content (AvgIpc) is 2.71. The lowest BCUT2D eigenvalue weighted by molar-refractivity contribution is -0.116. The van der Waals surface area contributed by atoms with Crippen LogP contribution in [0, 0.1) is 0 Å². The van der Waals surface area contributed by atoms with Gasteiger partial charge in [0.05, 0.1) is 18.7 Å². The number of hydrogen-bond acceptors (Lipinski definition) is 5. The molecule has 3 N–H and O–H groups in total. The van der Waals surface area contributed by atoms with Gasteiger partial charge in [0.2, 0.25) is 11.8 Å². The van der Waals surface area contributed by atoms with Gasteiger partial charge in [-0.2, -0.15) is 0 Å². The van der Waals surface area contributed by atoms with Crippen molar-refractivity contribution in [1.82, 2.24) is 0 Å². The summed E-state index contributed by atoms with van der Waals surface area (Å²) in [7, 11) is 0. The van der Waals surface area contributed by atoms with Crippen LogP contribution in [-0.2, 0) is 14.3 Å². The summed E-state index contributed by atoms with van der Waals surface area (Å²) < 4.78 is 5.07. The molecule has 0 aliphatic heterocycles. The number of carbonyl (C=O) groups excluding carboxylic acids is 3. The van der Waals surface area contributed by atoms with Crippen molar-refractivity contribution >= 4 is 34.8 Å². The Morgan fingerprint density at radius 2 is 1.52 bits per heavy atom. The van der Waals surface area contributed by atoms with Gasteiger partial charge in [-0.15, -0.1) is 0 Å². The highest BCUT2D eigenvalue weighted by Gasteiger charge is 2.08. The molecule has 2 aromatic rings. The molecular weight excluding hydrogens is 370 g/mol. The van der Waals surface area contributed by atoms with Gasteiger partial charge in [0, 0.05) is 23.5 Å². The lowest BCUT2D eigenvalue weighted by atomic mass is 10.2. The van der Waals surface area contributed by atoms with Crippen molar-refractivity contribution in [3.63, 3.8) is 0 Å².